The molecule has 11 heteroatoms. The zero-order valence-electron chi connectivity index (χ0n) is 14.5. The molecule has 0 saturated carbocycles. The van der Waals surface area contributed by atoms with Gasteiger partial charge in [-0.05, 0) is 25.3 Å². The quantitative estimate of drug-likeness (QED) is 0.693. The highest BCUT2D eigenvalue weighted by Crippen LogP contribution is 2.23. The van der Waals surface area contributed by atoms with Gasteiger partial charge in [-0.1, -0.05) is 0 Å². The van der Waals surface area contributed by atoms with E-state index in [9.17, 15) is 13.2 Å². The Balaban J connectivity index is 0.000000758. The molecule has 1 saturated heterocycles. The molecule has 142 valence electrons. The minimum Gasteiger partial charge on any atom is -0.483 e. The van der Waals surface area contributed by atoms with Crippen molar-refractivity contribution in [1.82, 2.24) is 19.4 Å². The number of pyridine rings is 1. The van der Waals surface area contributed by atoms with Gasteiger partial charge in [0.15, 0.2) is 5.65 Å². The predicted molar refractivity (Wildman–Crippen MR) is 93.9 cm³/mol. The first-order valence-corrected chi connectivity index (χ1v) is 9.55. The number of nitrogens with two attached hydrogens (primary N) is 1. The number of hydrogen-bond acceptors (Lipinski definition) is 6. The largest absolute Gasteiger partial charge is 0.483 e. The van der Waals surface area contributed by atoms with Crippen molar-refractivity contribution in [2.24, 2.45) is 18.1 Å². The highest BCUT2D eigenvalue weighted by Gasteiger charge is 2.30. The lowest BCUT2D eigenvalue weighted by Crippen LogP contribution is -2.31. The Morgan fingerprint density at radius 1 is 1.50 bits per heavy atom. The fourth-order valence-electron chi connectivity index (χ4n) is 3.01. The molecule has 3 rings (SSSR count). The molecule has 0 radical (unpaired) electrons. The molecular weight excluding hydrogens is 362 g/mol. The highest BCUT2D eigenvalue weighted by molar-refractivity contribution is 7.89. The Bertz CT molecular complexity index is 924. The summed E-state index contributed by atoms with van der Waals surface area (Å²) in [6.45, 7) is 2.52. The SMILES string of the molecule is Cc1nc2c(C(=O)N3CCC(CS(N)(=O)=O)C3)ccnc2n1C.O=CO. The first-order chi connectivity index (χ1) is 12.2. The van der Waals surface area contributed by atoms with E-state index >= 15 is 0 Å². The van der Waals surface area contributed by atoms with E-state index in [2.05, 4.69) is 9.97 Å². The number of hydrogen-bond donors (Lipinski definition) is 2. The van der Waals surface area contributed by atoms with Crippen LogP contribution >= 0.6 is 0 Å². The monoisotopic (exact) mass is 383 g/mol. The van der Waals surface area contributed by atoms with Gasteiger partial charge in [-0.2, -0.15) is 0 Å². The average Bonchev–Trinajstić information content (AvgIpc) is 3.11. The van der Waals surface area contributed by atoms with Crippen LogP contribution in [0.5, 0.6) is 0 Å². The van der Waals surface area contributed by atoms with Crippen molar-refractivity contribution in [1.29, 1.82) is 0 Å². The third-order valence-electron chi connectivity index (χ3n) is 4.25. The van der Waals surface area contributed by atoms with Crippen LogP contribution < -0.4 is 5.14 Å². The summed E-state index contributed by atoms with van der Waals surface area (Å²) in [6.07, 6.45) is 2.23. The molecule has 0 aliphatic carbocycles. The molecule has 0 spiro atoms. The number of aromatic nitrogens is 3. The van der Waals surface area contributed by atoms with E-state index in [0.29, 0.717) is 36.2 Å². The average molecular weight is 383 g/mol. The van der Waals surface area contributed by atoms with E-state index in [-0.39, 0.29) is 24.1 Å². The van der Waals surface area contributed by atoms with Gasteiger partial charge in [0.2, 0.25) is 10.0 Å². The van der Waals surface area contributed by atoms with Crippen LogP contribution in [0.1, 0.15) is 22.6 Å². The lowest BCUT2D eigenvalue weighted by molar-refractivity contribution is -0.122. The number of amides is 1. The molecule has 0 aromatic carbocycles. The second-order valence-electron chi connectivity index (χ2n) is 6.09. The Morgan fingerprint density at radius 2 is 2.15 bits per heavy atom. The molecule has 0 bridgehead atoms. The number of aryl methyl sites for hydroxylation is 2. The summed E-state index contributed by atoms with van der Waals surface area (Å²) in [6, 6.07) is 1.66. The summed E-state index contributed by atoms with van der Waals surface area (Å²) in [7, 11) is -1.67. The maximum absolute atomic E-state index is 12.8. The van der Waals surface area contributed by atoms with Gasteiger partial charge in [0.05, 0.1) is 11.3 Å². The van der Waals surface area contributed by atoms with E-state index in [1.807, 2.05) is 18.5 Å². The summed E-state index contributed by atoms with van der Waals surface area (Å²) in [5.41, 5.74) is 1.73. The number of carbonyl (C=O) groups is 2. The maximum atomic E-state index is 12.8. The van der Waals surface area contributed by atoms with Crippen molar-refractivity contribution < 1.29 is 23.1 Å². The van der Waals surface area contributed by atoms with Gasteiger partial charge in [0.25, 0.3) is 12.4 Å². The van der Waals surface area contributed by atoms with Crippen molar-refractivity contribution in [3.05, 3.63) is 23.7 Å². The Hall–Kier alpha value is -2.53. The van der Waals surface area contributed by atoms with Crippen molar-refractivity contribution in [2.75, 3.05) is 18.8 Å². The molecule has 10 nitrogen and oxygen atoms in total. The van der Waals surface area contributed by atoms with E-state index in [1.54, 1.807) is 17.2 Å². The van der Waals surface area contributed by atoms with Gasteiger partial charge in [-0.3, -0.25) is 9.59 Å². The predicted octanol–water partition coefficient (Wildman–Crippen LogP) is -0.272. The number of carboxylic acid groups (broad SMARTS) is 1. The summed E-state index contributed by atoms with van der Waals surface area (Å²) < 4.78 is 24.2. The number of fused-ring (bicyclic) bond motifs is 1. The number of sulfonamides is 1. The van der Waals surface area contributed by atoms with E-state index in [4.69, 9.17) is 15.0 Å². The second-order valence-corrected chi connectivity index (χ2v) is 7.75. The fraction of sp³-hybridized carbons (Fsp3) is 0.467. The van der Waals surface area contributed by atoms with Gasteiger partial charge in [-0.15, -0.1) is 0 Å². The number of primary sulfonamides is 1. The zero-order valence-corrected chi connectivity index (χ0v) is 15.3. The van der Waals surface area contributed by atoms with Gasteiger partial charge in [0.1, 0.15) is 11.3 Å². The van der Waals surface area contributed by atoms with Crippen LogP contribution in [0, 0.1) is 12.8 Å². The third-order valence-corrected chi connectivity index (χ3v) is 5.19. The molecule has 1 aliphatic heterocycles. The Kier molecular flexibility index (Phi) is 5.93. The minimum absolute atomic E-state index is 0.0920. The number of likely N-dealkylation sites (tertiary alicyclic amines) is 1. The molecule has 2 aromatic rings. The molecule has 1 atom stereocenters. The molecule has 1 amide bonds. The molecule has 1 unspecified atom stereocenters. The fourth-order valence-corrected chi connectivity index (χ4v) is 3.94. The van der Waals surface area contributed by atoms with E-state index in [0.717, 1.165) is 5.82 Å². The van der Waals surface area contributed by atoms with Crippen LogP contribution in [0.25, 0.3) is 11.2 Å². The van der Waals surface area contributed by atoms with Crippen molar-refractivity contribution in [2.45, 2.75) is 13.3 Å². The van der Waals surface area contributed by atoms with Crippen LogP contribution in [0.2, 0.25) is 0 Å². The normalized spacial score (nSPS) is 17.0. The Morgan fingerprint density at radius 3 is 2.77 bits per heavy atom. The summed E-state index contributed by atoms with van der Waals surface area (Å²) in [4.78, 5) is 31.5. The summed E-state index contributed by atoms with van der Waals surface area (Å²) in [5.74, 6) is 0.427. The first-order valence-electron chi connectivity index (χ1n) is 7.83. The van der Waals surface area contributed by atoms with Crippen LogP contribution in [0.4, 0.5) is 0 Å². The number of carbonyl (C=O) groups excluding carboxylic acids is 1. The van der Waals surface area contributed by atoms with Gasteiger partial charge < -0.3 is 14.6 Å². The standard InChI is InChI=1S/C14H19N5O3S.CH2O2/c1-9-17-12-11(3-5-16-13(12)18(9)2)14(20)19-6-4-10(7-19)8-23(15,21)22;2-1-3/h3,5,10H,4,6-8H2,1-2H3,(H2,15,21,22);1H,(H,2,3). The van der Waals surface area contributed by atoms with Crippen LogP contribution in [-0.4, -0.2) is 64.2 Å². The minimum atomic E-state index is -3.52. The smallest absolute Gasteiger partial charge is 0.290 e. The van der Waals surface area contributed by atoms with Gasteiger partial charge in [0, 0.05) is 26.3 Å². The molecule has 3 N–H and O–H groups in total. The second kappa shape index (κ2) is 7.79. The molecule has 26 heavy (non-hydrogen) atoms. The molecular formula is C15H21N5O5S. The van der Waals surface area contributed by atoms with Crippen molar-refractivity contribution in [3.63, 3.8) is 0 Å². The van der Waals surface area contributed by atoms with Gasteiger partial charge in [-0.25, -0.2) is 23.5 Å². The van der Waals surface area contributed by atoms with Crippen LogP contribution in [0.15, 0.2) is 12.3 Å². The number of rotatable bonds is 3. The topological polar surface area (TPSA) is 148 Å². The highest BCUT2D eigenvalue weighted by atomic mass is 32.2. The summed E-state index contributed by atoms with van der Waals surface area (Å²) in [5, 5.41) is 12.0. The van der Waals surface area contributed by atoms with Crippen LogP contribution in [-0.2, 0) is 21.9 Å². The molecule has 1 fully saturated rings. The lowest BCUT2D eigenvalue weighted by Gasteiger charge is -2.16. The summed E-state index contributed by atoms with van der Waals surface area (Å²) >= 11 is 0. The van der Waals surface area contributed by atoms with Crippen molar-refractivity contribution >= 4 is 33.6 Å². The van der Waals surface area contributed by atoms with E-state index in [1.165, 1.54) is 0 Å². The third kappa shape index (κ3) is 4.35. The maximum Gasteiger partial charge on any atom is 0.290 e. The van der Waals surface area contributed by atoms with Crippen LogP contribution in [0.3, 0.4) is 0 Å². The lowest BCUT2D eigenvalue weighted by atomic mass is 10.1. The zero-order chi connectivity index (χ0) is 19.5. The van der Waals surface area contributed by atoms with Gasteiger partial charge >= 0.3 is 0 Å². The number of imidazole rings is 1. The van der Waals surface area contributed by atoms with Crippen molar-refractivity contribution in [3.8, 4) is 0 Å². The number of nitrogens with zero attached hydrogens (tertiary/aromatic N) is 4. The first kappa shape index (κ1) is 19.8. The molecule has 2 aromatic heterocycles. The molecule has 1 aliphatic rings. The van der Waals surface area contributed by atoms with E-state index < -0.39 is 10.0 Å². The molecule has 3 heterocycles. The Labute approximate surface area is 150 Å².